The van der Waals surface area contributed by atoms with Gasteiger partial charge in [-0.15, -0.1) is 0 Å². The van der Waals surface area contributed by atoms with Crippen molar-refractivity contribution in [3.8, 4) is 0 Å². The lowest BCUT2D eigenvalue weighted by molar-refractivity contribution is -0.113. The minimum atomic E-state index is -0.763. The zero-order valence-corrected chi connectivity index (χ0v) is 13.3. The van der Waals surface area contributed by atoms with Gasteiger partial charge in [0.2, 0.25) is 0 Å². The van der Waals surface area contributed by atoms with Gasteiger partial charge in [0.15, 0.2) is 0 Å². The maximum absolute atomic E-state index is 11.0. The van der Waals surface area contributed by atoms with Gasteiger partial charge in [0.05, 0.1) is 11.8 Å². The predicted molar refractivity (Wildman–Crippen MR) is 96.6 cm³/mol. The molecule has 1 aliphatic heterocycles. The maximum Gasteiger partial charge on any atom is 0.270 e. The minimum Gasteiger partial charge on any atom is -0.384 e. The summed E-state index contributed by atoms with van der Waals surface area (Å²) < 4.78 is 0. The van der Waals surface area contributed by atoms with Crippen LogP contribution in [0.3, 0.4) is 0 Å². The summed E-state index contributed by atoms with van der Waals surface area (Å²) in [5.41, 5.74) is 3.39. The third-order valence-electron chi connectivity index (χ3n) is 3.83. The number of aliphatic hydroxyl groups excluding tert-OH is 1. The summed E-state index contributed by atoms with van der Waals surface area (Å²) in [6, 6.07) is 17.7. The number of amides is 1. The Kier molecular flexibility index (Phi) is 4.68. The number of benzene rings is 2. The second kappa shape index (κ2) is 7.06. The minimum absolute atomic E-state index is 0.268. The first kappa shape index (κ1) is 15.9. The first-order valence-corrected chi connectivity index (χ1v) is 7.69. The van der Waals surface area contributed by atoms with Crippen molar-refractivity contribution in [2.75, 3.05) is 11.9 Å². The molecule has 3 rings (SSSR count). The van der Waals surface area contributed by atoms with Crippen LogP contribution >= 0.6 is 0 Å². The second-order valence-electron chi connectivity index (χ2n) is 5.50. The van der Waals surface area contributed by atoms with E-state index in [4.69, 9.17) is 0 Å². The molecule has 1 aliphatic rings. The SMILES string of the molecule is CN(c1ccccc1)c1cccc([C@H](O)/C=C/C2=NC(=O)C=C2)c1. The second-order valence-corrected chi connectivity index (χ2v) is 5.50. The largest absolute Gasteiger partial charge is 0.384 e. The van der Waals surface area contributed by atoms with E-state index in [1.807, 2.05) is 61.6 Å². The summed E-state index contributed by atoms with van der Waals surface area (Å²) >= 11 is 0. The van der Waals surface area contributed by atoms with E-state index in [-0.39, 0.29) is 5.91 Å². The number of anilines is 2. The highest BCUT2D eigenvalue weighted by molar-refractivity contribution is 6.17. The highest BCUT2D eigenvalue weighted by Crippen LogP contribution is 2.26. The van der Waals surface area contributed by atoms with Gasteiger partial charge < -0.3 is 10.0 Å². The third kappa shape index (κ3) is 3.67. The molecule has 0 fully saturated rings. The number of para-hydroxylation sites is 1. The molecule has 24 heavy (non-hydrogen) atoms. The normalized spacial score (nSPS) is 14.9. The number of carbonyl (C=O) groups is 1. The van der Waals surface area contributed by atoms with Gasteiger partial charge in [-0.3, -0.25) is 4.79 Å². The first-order chi connectivity index (χ1) is 11.6. The summed E-state index contributed by atoms with van der Waals surface area (Å²) in [5.74, 6) is -0.268. The van der Waals surface area contributed by atoms with Crippen molar-refractivity contribution >= 4 is 23.0 Å². The fourth-order valence-corrected chi connectivity index (χ4v) is 2.47. The van der Waals surface area contributed by atoms with Crippen LogP contribution in [0, 0.1) is 0 Å². The summed E-state index contributed by atoms with van der Waals surface area (Å²) in [4.78, 5) is 16.9. The molecule has 0 unspecified atom stereocenters. The van der Waals surface area contributed by atoms with Gasteiger partial charge in [-0.2, -0.15) is 0 Å². The van der Waals surface area contributed by atoms with Crippen LogP contribution in [0.15, 0.2) is 83.9 Å². The molecule has 1 atom stereocenters. The molecule has 1 heterocycles. The molecule has 0 aliphatic carbocycles. The monoisotopic (exact) mass is 318 g/mol. The Labute approximate surface area is 141 Å². The average Bonchev–Trinajstić information content (AvgIpc) is 3.05. The van der Waals surface area contributed by atoms with Crippen molar-refractivity contribution in [1.29, 1.82) is 0 Å². The number of aliphatic imine (C=N–C) groups is 1. The number of hydrogen-bond donors (Lipinski definition) is 1. The first-order valence-electron chi connectivity index (χ1n) is 7.69. The van der Waals surface area contributed by atoms with E-state index in [9.17, 15) is 9.90 Å². The highest BCUT2D eigenvalue weighted by Gasteiger charge is 2.09. The molecule has 0 spiro atoms. The predicted octanol–water partition coefficient (Wildman–Crippen LogP) is 3.58. The summed E-state index contributed by atoms with van der Waals surface area (Å²) in [5, 5.41) is 10.4. The molecule has 2 aromatic carbocycles. The van der Waals surface area contributed by atoms with Gasteiger partial charge in [0.1, 0.15) is 0 Å². The van der Waals surface area contributed by atoms with E-state index >= 15 is 0 Å². The van der Waals surface area contributed by atoms with Gasteiger partial charge in [-0.25, -0.2) is 4.99 Å². The van der Waals surface area contributed by atoms with Gasteiger partial charge in [-0.05, 0) is 48.1 Å². The average molecular weight is 318 g/mol. The van der Waals surface area contributed by atoms with Crippen LogP contribution < -0.4 is 4.90 Å². The maximum atomic E-state index is 11.0. The Balaban J connectivity index is 1.77. The lowest BCUT2D eigenvalue weighted by Gasteiger charge is -2.20. The zero-order chi connectivity index (χ0) is 16.9. The zero-order valence-electron chi connectivity index (χ0n) is 13.3. The lowest BCUT2D eigenvalue weighted by Crippen LogP contribution is -2.09. The van der Waals surface area contributed by atoms with Gasteiger partial charge in [0.25, 0.3) is 5.91 Å². The van der Waals surface area contributed by atoms with Gasteiger partial charge >= 0.3 is 0 Å². The number of rotatable bonds is 5. The molecule has 0 aromatic heterocycles. The molecule has 4 heteroatoms. The van der Waals surface area contributed by atoms with E-state index in [2.05, 4.69) is 9.89 Å². The fraction of sp³-hybridized carbons (Fsp3) is 0.100. The standard InChI is InChI=1S/C20H18N2O2/c1-22(17-7-3-2-4-8-17)18-9-5-6-15(14-18)19(23)12-10-16-11-13-20(24)21-16/h2-14,19,23H,1H3/b12-10+/t19-/m1/s1. The molecular weight excluding hydrogens is 300 g/mol. The number of carbonyl (C=O) groups excluding carboxylic acids is 1. The van der Waals surface area contributed by atoms with Gasteiger partial charge in [0, 0.05) is 24.5 Å². The molecule has 0 radical (unpaired) electrons. The lowest BCUT2D eigenvalue weighted by atomic mass is 10.1. The third-order valence-corrected chi connectivity index (χ3v) is 3.83. The van der Waals surface area contributed by atoms with Crippen LogP contribution in [0.5, 0.6) is 0 Å². The molecular formula is C20H18N2O2. The van der Waals surface area contributed by atoms with Crippen LogP contribution in [0.1, 0.15) is 11.7 Å². The number of aliphatic hydroxyl groups is 1. The Bertz CT molecular complexity index is 823. The van der Waals surface area contributed by atoms with E-state index < -0.39 is 6.10 Å². The van der Waals surface area contributed by atoms with Crippen LogP contribution in [0.25, 0.3) is 0 Å². The van der Waals surface area contributed by atoms with E-state index in [0.29, 0.717) is 5.71 Å². The van der Waals surface area contributed by atoms with Crippen molar-refractivity contribution in [2.24, 2.45) is 4.99 Å². The van der Waals surface area contributed by atoms with Crippen LogP contribution in [0.2, 0.25) is 0 Å². The fourth-order valence-electron chi connectivity index (χ4n) is 2.47. The Morgan fingerprint density at radius 3 is 2.50 bits per heavy atom. The summed E-state index contributed by atoms with van der Waals surface area (Å²) in [7, 11) is 1.99. The molecule has 0 saturated heterocycles. The Morgan fingerprint density at radius 2 is 1.79 bits per heavy atom. The molecule has 120 valence electrons. The van der Waals surface area contributed by atoms with Crippen molar-refractivity contribution < 1.29 is 9.90 Å². The smallest absolute Gasteiger partial charge is 0.270 e. The Morgan fingerprint density at radius 1 is 1.04 bits per heavy atom. The number of allylic oxidation sites excluding steroid dienone is 2. The van der Waals surface area contributed by atoms with Crippen LogP contribution in [-0.2, 0) is 4.79 Å². The van der Waals surface area contributed by atoms with Crippen molar-refractivity contribution in [2.45, 2.75) is 6.10 Å². The highest BCUT2D eigenvalue weighted by atomic mass is 16.3. The summed E-state index contributed by atoms with van der Waals surface area (Å²) in [6.07, 6.45) is 5.55. The van der Waals surface area contributed by atoms with Crippen molar-refractivity contribution in [3.63, 3.8) is 0 Å². The van der Waals surface area contributed by atoms with Gasteiger partial charge in [-0.1, -0.05) is 30.3 Å². The molecule has 2 aromatic rings. The molecule has 1 amide bonds. The van der Waals surface area contributed by atoms with E-state index in [1.54, 1.807) is 18.2 Å². The van der Waals surface area contributed by atoms with E-state index in [1.165, 1.54) is 6.08 Å². The molecule has 0 bridgehead atoms. The number of hydrogen-bond acceptors (Lipinski definition) is 3. The van der Waals surface area contributed by atoms with Crippen molar-refractivity contribution in [3.05, 3.63) is 84.5 Å². The molecule has 1 N–H and O–H groups in total. The summed E-state index contributed by atoms with van der Waals surface area (Å²) in [6.45, 7) is 0. The van der Waals surface area contributed by atoms with Crippen LogP contribution in [-0.4, -0.2) is 23.8 Å². The van der Waals surface area contributed by atoms with Crippen molar-refractivity contribution in [1.82, 2.24) is 0 Å². The Hall–Kier alpha value is -2.98. The number of nitrogens with zero attached hydrogens (tertiary/aromatic N) is 2. The van der Waals surface area contributed by atoms with Crippen LogP contribution in [0.4, 0.5) is 11.4 Å². The quantitative estimate of drug-likeness (QED) is 0.917. The molecule has 0 saturated carbocycles. The topological polar surface area (TPSA) is 52.9 Å². The molecule has 4 nitrogen and oxygen atoms in total. The van der Waals surface area contributed by atoms with E-state index in [0.717, 1.165) is 16.9 Å².